The zero-order valence-electron chi connectivity index (χ0n) is 11.8. The van der Waals surface area contributed by atoms with Gasteiger partial charge in [-0.1, -0.05) is 18.2 Å². The first-order valence-electron chi connectivity index (χ1n) is 7.31. The molecule has 104 valence electrons. The first kappa shape index (κ1) is 14.1. The maximum Gasteiger partial charge on any atom is 0.221 e. The van der Waals surface area contributed by atoms with Gasteiger partial charge in [0.25, 0.3) is 0 Å². The van der Waals surface area contributed by atoms with E-state index in [2.05, 4.69) is 28.8 Å². The molecule has 0 fully saturated rings. The van der Waals surface area contributed by atoms with Gasteiger partial charge >= 0.3 is 0 Å². The van der Waals surface area contributed by atoms with E-state index in [-0.39, 0.29) is 5.91 Å². The van der Waals surface area contributed by atoms with Gasteiger partial charge in [0.2, 0.25) is 5.91 Å². The van der Waals surface area contributed by atoms with E-state index in [9.17, 15) is 4.79 Å². The van der Waals surface area contributed by atoms with Gasteiger partial charge in [-0.3, -0.25) is 4.79 Å². The molecule has 0 unspecified atom stereocenters. The molecular formula is C16H24N2O. The minimum absolute atomic E-state index is 0.132. The standard InChI is InChI=1S/C16H24N2O/c1-17-10-9-16(19)18-11-8-13-6-7-14-4-2-3-5-15(14)12-13/h6-7,12,17H,2-5,8-11H2,1H3,(H,18,19). The fourth-order valence-electron chi connectivity index (χ4n) is 2.62. The number of amides is 1. The molecule has 2 N–H and O–H groups in total. The second kappa shape index (κ2) is 7.29. The fourth-order valence-corrected chi connectivity index (χ4v) is 2.62. The van der Waals surface area contributed by atoms with Crippen molar-refractivity contribution in [2.45, 2.75) is 38.5 Å². The summed E-state index contributed by atoms with van der Waals surface area (Å²) in [6.45, 7) is 1.48. The number of nitrogens with one attached hydrogen (secondary N) is 2. The number of hydrogen-bond acceptors (Lipinski definition) is 2. The van der Waals surface area contributed by atoms with Gasteiger partial charge in [0.05, 0.1) is 0 Å². The van der Waals surface area contributed by atoms with E-state index in [1.54, 1.807) is 0 Å². The minimum atomic E-state index is 0.132. The van der Waals surface area contributed by atoms with Crippen molar-refractivity contribution in [2.24, 2.45) is 0 Å². The summed E-state index contributed by atoms with van der Waals surface area (Å²) in [6, 6.07) is 6.81. The summed E-state index contributed by atoms with van der Waals surface area (Å²) < 4.78 is 0. The van der Waals surface area contributed by atoms with E-state index in [4.69, 9.17) is 0 Å². The van der Waals surface area contributed by atoms with Crippen molar-refractivity contribution in [1.82, 2.24) is 10.6 Å². The van der Waals surface area contributed by atoms with Crippen LogP contribution in [0, 0.1) is 0 Å². The Bertz CT molecular complexity index is 429. The third kappa shape index (κ3) is 4.35. The average Bonchev–Trinajstić information content (AvgIpc) is 2.45. The molecule has 3 nitrogen and oxygen atoms in total. The number of fused-ring (bicyclic) bond motifs is 1. The van der Waals surface area contributed by atoms with Gasteiger partial charge < -0.3 is 10.6 Å². The molecule has 1 aliphatic rings. The predicted octanol–water partition coefficient (Wildman–Crippen LogP) is 1.83. The molecule has 0 heterocycles. The maximum atomic E-state index is 11.5. The highest BCUT2D eigenvalue weighted by molar-refractivity contribution is 5.76. The van der Waals surface area contributed by atoms with Crippen LogP contribution in [0.2, 0.25) is 0 Å². The second-order valence-corrected chi connectivity index (χ2v) is 5.26. The molecule has 0 spiro atoms. The molecule has 0 radical (unpaired) electrons. The first-order chi connectivity index (χ1) is 9.29. The van der Waals surface area contributed by atoms with E-state index < -0.39 is 0 Å². The van der Waals surface area contributed by atoms with Gasteiger partial charge in [-0.15, -0.1) is 0 Å². The van der Waals surface area contributed by atoms with Gasteiger partial charge in [0.1, 0.15) is 0 Å². The minimum Gasteiger partial charge on any atom is -0.356 e. The van der Waals surface area contributed by atoms with Crippen molar-refractivity contribution in [3.63, 3.8) is 0 Å². The zero-order valence-corrected chi connectivity index (χ0v) is 11.8. The SMILES string of the molecule is CNCCC(=O)NCCc1ccc2c(c1)CCCC2. The molecule has 3 heteroatoms. The van der Waals surface area contributed by atoms with E-state index in [1.165, 1.54) is 42.4 Å². The van der Waals surface area contributed by atoms with Gasteiger partial charge in [-0.2, -0.15) is 0 Å². The first-order valence-corrected chi connectivity index (χ1v) is 7.31. The van der Waals surface area contributed by atoms with Gasteiger partial charge in [-0.25, -0.2) is 0 Å². The summed E-state index contributed by atoms with van der Waals surface area (Å²) in [5, 5.41) is 5.95. The molecule has 1 aromatic rings. The van der Waals surface area contributed by atoms with Crippen LogP contribution in [0.5, 0.6) is 0 Å². The molecule has 0 aromatic heterocycles. The van der Waals surface area contributed by atoms with Crippen molar-refractivity contribution < 1.29 is 4.79 Å². The van der Waals surface area contributed by atoms with E-state index in [0.717, 1.165) is 19.5 Å². The normalized spacial score (nSPS) is 13.9. The lowest BCUT2D eigenvalue weighted by atomic mass is 9.90. The van der Waals surface area contributed by atoms with Gasteiger partial charge in [0, 0.05) is 19.5 Å². The van der Waals surface area contributed by atoms with Crippen molar-refractivity contribution in [3.05, 3.63) is 34.9 Å². The molecule has 1 aliphatic carbocycles. The van der Waals surface area contributed by atoms with Gasteiger partial charge in [0.15, 0.2) is 0 Å². The third-order valence-electron chi connectivity index (χ3n) is 3.75. The molecule has 1 aromatic carbocycles. The number of hydrogen-bond donors (Lipinski definition) is 2. The van der Waals surface area contributed by atoms with E-state index >= 15 is 0 Å². The molecule has 0 saturated heterocycles. The van der Waals surface area contributed by atoms with Crippen molar-refractivity contribution in [3.8, 4) is 0 Å². The highest BCUT2D eigenvalue weighted by Gasteiger charge is 2.09. The lowest BCUT2D eigenvalue weighted by Gasteiger charge is -2.16. The van der Waals surface area contributed by atoms with Gasteiger partial charge in [-0.05, 0) is 55.8 Å². The summed E-state index contributed by atoms with van der Waals surface area (Å²) in [7, 11) is 1.86. The monoisotopic (exact) mass is 260 g/mol. The average molecular weight is 260 g/mol. The lowest BCUT2D eigenvalue weighted by molar-refractivity contribution is -0.120. The maximum absolute atomic E-state index is 11.5. The van der Waals surface area contributed by atoms with Crippen LogP contribution in [-0.4, -0.2) is 26.0 Å². The van der Waals surface area contributed by atoms with Crippen LogP contribution in [0.3, 0.4) is 0 Å². The van der Waals surface area contributed by atoms with Crippen LogP contribution in [-0.2, 0) is 24.1 Å². The zero-order chi connectivity index (χ0) is 13.5. The van der Waals surface area contributed by atoms with Crippen LogP contribution >= 0.6 is 0 Å². The number of rotatable bonds is 6. The highest BCUT2D eigenvalue weighted by atomic mass is 16.1. The Hall–Kier alpha value is -1.35. The summed E-state index contributed by atoms with van der Waals surface area (Å²) in [5.74, 6) is 0.132. The van der Waals surface area contributed by atoms with Crippen LogP contribution in [0.1, 0.15) is 36.0 Å². The molecule has 19 heavy (non-hydrogen) atoms. The Kier molecular flexibility index (Phi) is 5.40. The summed E-state index contributed by atoms with van der Waals surface area (Å²) >= 11 is 0. The van der Waals surface area contributed by atoms with E-state index in [1.807, 2.05) is 7.05 Å². The Labute approximate surface area is 115 Å². The summed E-state index contributed by atoms with van der Waals surface area (Å²) in [5.41, 5.74) is 4.38. The topological polar surface area (TPSA) is 41.1 Å². The molecule has 0 saturated carbocycles. The van der Waals surface area contributed by atoms with Crippen molar-refractivity contribution >= 4 is 5.91 Å². The largest absolute Gasteiger partial charge is 0.356 e. The number of carbonyl (C=O) groups is 1. The summed E-state index contributed by atoms with van der Waals surface area (Å²) in [6.07, 6.45) is 6.58. The van der Waals surface area contributed by atoms with Crippen LogP contribution < -0.4 is 10.6 Å². The van der Waals surface area contributed by atoms with Crippen molar-refractivity contribution in [1.29, 1.82) is 0 Å². The lowest BCUT2D eigenvalue weighted by Crippen LogP contribution is -2.28. The predicted molar refractivity (Wildman–Crippen MR) is 78.3 cm³/mol. The van der Waals surface area contributed by atoms with Crippen LogP contribution in [0.25, 0.3) is 0 Å². The number of carbonyl (C=O) groups excluding carboxylic acids is 1. The van der Waals surface area contributed by atoms with Crippen LogP contribution in [0.4, 0.5) is 0 Å². The molecule has 0 atom stereocenters. The molecule has 0 bridgehead atoms. The molecule has 1 amide bonds. The Morgan fingerprint density at radius 2 is 1.95 bits per heavy atom. The quantitative estimate of drug-likeness (QED) is 0.819. The van der Waals surface area contributed by atoms with Crippen LogP contribution in [0.15, 0.2) is 18.2 Å². The molecule has 0 aliphatic heterocycles. The second-order valence-electron chi connectivity index (χ2n) is 5.26. The Morgan fingerprint density at radius 3 is 2.74 bits per heavy atom. The highest BCUT2D eigenvalue weighted by Crippen LogP contribution is 2.22. The smallest absolute Gasteiger partial charge is 0.221 e. The molecule has 2 rings (SSSR count). The Morgan fingerprint density at radius 1 is 1.16 bits per heavy atom. The number of aryl methyl sites for hydroxylation is 2. The fraction of sp³-hybridized carbons (Fsp3) is 0.562. The Balaban J connectivity index is 1.78. The molecular weight excluding hydrogens is 236 g/mol. The third-order valence-corrected chi connectivity index (χ3v) is 3.75. The van der Waals surface area contributed by atoms with Crippen molar-refractivity contribution in [2.75, 3.05) is 20.1 Å². The summed E-state index contributed by atoms with van der Waals surface area (Å²) in [4.78, 5) is 11.5. The van der Waals surface area contributed by atoms with E-state index in [0.29, 0.717) is 6.42 Å². The number of benzene rings is 1.